The molecule has 1 N–H and O–H groups in total. The van der Waals surface area contributed by atoms with Gasteiger partial charge in [0.25, 0.3) is 0 Å². The Hall–Kier alpha value is -2.24. The van der Waals surface area contributed by atoms with E-state index in [2.05, 4.69) is 15.2 Å². The average molecular weight is 232 g/mol. The van der Waals surface area contributed by atoms with Crippen LogP contribution in [0.2, 0.25) is 0 Å². The molecule has 88 valence electrons. The minimum Gasteiger partial charge on any atom is -0.480 e. The van der Waals surface area contributed by atoms with Gasteiger partial charge in [-0.2, -0.15) is 0 Å². The first-order valence-electron chi connectivity index (χ1n) is 5.27. The van der Waals surface area contributed by atoms with Crippen LogP contribution in [0.3, 0.4) is 0 Å². The van der Waals surface area contributed by atoms with Crippen molar-refractivity contribution in [2.75, 3.05) is 18.0 Å². The minimum atomic E-state index is -0.913. The third kappa shape index (κ3) is 2.47. The Morgan fingerprint density at radius 1 is 1.29 bits per heavy atom. The van der Waals surface area contributed by atoms with Gasteiger partial charge in [0.1, 0.15) is 12.1 Å². The summed E-state index contributed by atoms with van der Waals surface area (Å²) < 4.78 is 0. The fourth-order valence-electron chi connectivity index (χ4n) is 1.49. The molecule has 1 heterocycles. The molecule has 0 aliphatic heterocycles. The summed E-state index contributed by atoms with van der Waals surface area (Å²) in [6.45, 7) is 2.24. The topological polar surface area (TPSA) is 79.2 Å². The Balaban J connectivity index is 2.37. The van der Waals surface area contributed by atoms with Crippen molar-refractivity contribution in [2.45, 2.75) is 6.92 Å². The van der Waals surface area contributed by atoms with E-state index in [-0.39, 0.29) is 6.54 Å². The van der Waals surface area contributed by atoms with Gasteiger partial charge in [-0.25, -0.2) is 4.98 Å². The summed E-state index contributed by atoms with van der Waals surface area (Å²) >= 11 is 0. The van der Waals surface area contributed by atoms with Crippen molar-refractivity contribution in [3.05, 3.63) is 24.3 Å². The lowest BCUT2D eigenvalue weighted by molar-refractivity contribution is -0.135. The molecule has 0 aliphatic rings. The number of nitrogens with zero attached hydrogens (tertiary/aromatic N) is 4. The molecule has 0 saturated heterocycles. The first kappa shape index (κ1) is 11.3. The predicted octanol–water partition coefficient (Wildman–Crippen LogP) is 0.936. The number of hydrogen-bond donors (Lipinski definition) is 1. The number of carboxylic acids is 1. The number of likely N-dealkylation sites (N-methyl/N-ethyl adjacent to an activating group) is 1. The molecule has 0 atom stereocenters. The minimum absolute atomic E-state index is 0.128. The Labute approximate surface area is 97.9 Å². The molecule has 2 aromatic rings. The van der Waals surface area contributed by atoms with E-state index in [0.717, 1.165) is 0 Å². The summed E-state index contributed by atoms with van der Waals surface area (Å²) in [6, 6.07) is 7.34. The van der Waals surface area contributed by atoms with E-state index in [9.17, 15) is 4.79 Å². The van der Waals surface area contributed by atoms with E-state index in [4.69, 9.17) is 5.11 Å². The van der Waals surface area contributed by atoms with Gasteiger partial charge in [0.2, 0.25) is 5.95 Å². The maximum atomic E-state index is 10.7. The van der Waals surface area contributed by atoms with Crippen molar-refractivity contribution < 1.29 is 9.90 Å². The first-order valence-corrected chi connectivity index (χ1v) is 5.27. The quantitative estimate of drug-likeness (QED) is 0.845. The maximum Gasteiger partial charge on any atom is 0.323 e. The molecule has 0 spiro atoms. The highest BCUT2D eigenvalue weighted by molar-refractivity contribution is 5.76. The smallest absolute Gasteiger partial charge is 0.323 e. The van der Waals surface area contributed by atoms with Crippen LogP contribution in [0, 0.1) is 0 Å². The van der Waals surface area contributed by atoms with Crippen molar-refractivity contribution in [3.63, 3.8) is 0 Å². The van der Waals surface area contributed by atoms with Crippen LogP contribution in [0.5, 0.6) is 0 Å². The normalized spacial score (nSPS) is 10.4. The molecule has 6 heteroatoms. The lowest BCUT2D eigenvalue weighted by Gasteiger charge is -2.17. The number of aliphatic carboxylic acids is 1. The second-order valence-electron chi connectivity index (χ2n) is 3.51. The highest BCUT2D eigenvalue weighted by atomic mass is 16.4. The zero-order valence-electron chi connectivity index (χ0n) is 9.37. The predicted molar refractivity (Wildman–Crippen MR) is 62.9 cm³/mol. The van der Waals surface area contributed by atoms with Gasteiger partial charge < -0.3 is 10.0 Å². The number of rotatable bonds is 4. The number of para-hydroxylation sites is 1. The Morgan fingerprint density at radius 2 is 2.00 bits per heavy atom. The summed E-state index contributed by atoms with van der Waals surface area (Å²) in [6.07, 6.45) is 0. The van der Waals surface area contributed by atoms with E-state index in [1.807, 2.05) is 31.2 Å². The molecule has 0 aliphatic carbocycles. The SMILES string of the molecule is CCN(CC(=O)O)c1nnc2ccccc2n1. The summed E-state index contributed by atoms with van der Waals surface area (Å²) in [5.41, 5.74) is 1.41. The van der Waals surface area contributed by atoms with Crippen molar-refractivity contribution >= 4 is 23.0 Å². The van der Waals surface area contributed by atoms with Crippen molar-refractivity contribution in [1.82, 2.24) is 15.2 Å². The van der Waals surface area contributed by atoms with Gasteiger partial charge in [-0.15, -0.1) is 10.2 Å². The van der Waals surface area contributed by atoms with Crippen LogP contribution in [0.15, 0.2) is 24.3 Å². The molecular weight excluding hydrogens is 220 g/mol. The highest BCUT2D eigenvalue weighted by Crippen LogP contribution is 2.11. The summed E-state index contributed by atoms with van der Waals surface area (Å²) in [4.78, 5) is 16.5. The van der Waals surface area contributed by atoms with Gasteiger partial charge in [0.15, 0.2) is 0 Å². The van der Waals surface area contributed by atoms with E-state index >= 15 is 0 Å². The van der Waals surface area contributed by atoms with E-state index in [0.29, 0.717) is 23.5 Å². The fraction of sp³-hybridized carbons (Fsp3) is 0.273. The number of carboxylic acid groups (broad SMARTS) is 1. The van der Waals surface area contributed by atoms with Crippen LogP contribution in [0.1, 0.15) is 6.92 Å². The van der Waals surface area contributed by atoms with Gasteiger partial charge in [0.05, 0.1) is 5.52 Å². The third-order valence-corrected chi connectivity index (χ3v) is 2.34. The van der Waals surface area contributed by atoms with Gasteiger partial charge in [-0.3, -0.25) is 4.79 Å². The van der Waals surface area contributed by atoms with Crippen molar-refractivity contribution in [2.24, 2.45) is 0 Å². The Morgan fingerprint density at radius 3 is 2.65 bits per heavy atom. The zero-order valence-corrected chi connectivity index (χ0v) is 9.37. The average Bonchev–Trinajstić information content (AvgIpc) is 2.35. The monoisotopic (exact) mass is 232 g/mol. The summed E-state index contributed by atoms with van der Waals surface area (Å²) in [5.74, 6) is -0.572. The number of anilines is 1. The molecule has 0 unspecified atom stereocenters. The third-order valence-electron chi connectivity index (χ3n) is 2.34. The second-order valence-corrected chi connectivity index (χ2v) is 3.51. The molecule has 0 radical (unpaired) electrons. The molecule has 1 aromatic carbocycles. The molecule has 2 rings (SSSR count). The molecule has 0 amide bonds. The number of hydrogen-bond acceptors (Lipinski definition) is 5. The molecule has 1 aromatic heterocycles. The van der Waals surface area contributed by atoms with Gasteiger partial charge in [-0.1, -0.05) is 12.1 Å². The van der Waals surface area contributed by atoms with Crippen molar-refractivity contribution in [1.29, 1.82) is 0 Å². The standard InChI is InChI=1S/C11H12N4O2/c1-2-15(7-10(16)17)11-12-8-5-3-4-6-9(8)13-14-11/h3-6H,2,7H2,1H3,(H,16,17). The first-order chi connectivity index (χ1) is 8.20. The van der Waals surface area contributed by atoms with Crippen LogP contribution in [0.4, 0.5) is 5.95 Å². The van der Waals surface area contributed by atoms with Crippen molar-refractivity contribution in [3.8, 4) is 0 Å². The second kappa shape index (κ2) is 4.73. The number of aromatic nitrogens is 3. The van der Waals surface area contributed by atoms with E-state index in [1.54, 1.807) is 4.90 Å². The molecule has 0 saturated carbocycles. The molecule has 6 nitrogen and oxygen atoms in total. The molecule has 0 bridgehead atoms. The highest BCUT2D eigenvalue weighted by Gasteiger charge is 2.12. The summed E-state index contributed by atoms with van der Waals surface area (Å²) in [7, 11) is 0. The maximum absolute atomic E-state index is 10.7. The number of fused-ring (bicyclic) bond motifs is 1. The van der Waals surface area contributed by atoms with Gasteiger partial charge >= 0.3 is 5.97 Å². The lowest BCUT2D eigenvalue weighted by atomic mass is 10.3. The molecular formula is C11H12N4O2. The fourth-order valence-corrected chi connectivity index (χ4v) is 1.49. The van der Waals surface area contributed by atoms with Crippen LogP contribution in [0.25, 0.3) is 11.0 Å². The van der Waals surface area contributed by atoms with Gasteiger partial charge in [0, 0.05) is 6.54 Å². The molecule has 17 heavy (non-hydrogen) atoms. The van der Waals surface area contributed by atoms with Gasteiger partial charge in [-0.05, 0) is 19.1 Å². The van der Waals surface area contributed by atoms with Crippen LogP contribution in [-0.4, -0.2) is 39.3 Å². The Bertz CT molecular complexity index is 544. The number of benzene rings is 1. The molecule has 0 fully saturated rings. The lowest BCUT2D eigenvalue weighted by Crippen LogP contribution is -2.31. The van der Waals surface area contributed by atoms with E-state index < -0.39 is 5.97 Å². The van der Waals surface area contributed by atoms with Crippen LogP contribution in [-0.2, 0) is 4.79 Å². The Kier molecular flexibility index (Phi) is 3.13. The van der Waals surface area contributed by atoms with E-state index in [1.165, 1.54) is 0 Å². The van der Waals surface area contributed by atoms with Crippen LogP contribution < -0.4 is 4.90 Å². The van der Waals surface area contributed by atoms with Crippen LogP contribution >= 0.6 is 0 Å². The largest absolute Gasteiger partial charge is 0.480 e. The number of carbonyl (C=O) groups is 1. The zero-order chi connectivity index (χ0) is 12.3. The summed E-state index contributed by atoms with van der Waals surface area (Å²) in [5, 5.41) is 16.7.